The molecule has 2 heterocycles. The number of nitro groups is 1. The van der Waals surface area contributed by atoms with Gasteiger partial charge in [-0.1, -0.05) is 0 Å². The Morgan fingerprint density at radius 2 is 2.04 bits per heavy atom. The largest absolute Gasteiger partial charge is 0.481 e. The van der Waals surface area contributed by atoms with Crippen LogP contribution in [-0.2, 0) is 11.2 Å². The number of imidazole rings is 1. The highest BCUT2D eigenvalue weighted by molar-refractivity contribution is 5.80. The van der Waals surface area contributed by atoms with Crippen LogP contribution in [0.5, 0.6) is 0 Å². The van der Waals surface area contributed by atoms with Gasteiger partial charge in [-0.2, -0.15) is 0 Å². The number of benzene rings is 1. The highest BCUT2D eigenvalue weighted by atomic mass is 16.6. The molecule has 2 aromatic heterocycles. The molecule has 0 aliphatic carbocycles. The second-order valence-electron chi connectivity index (χ2n) is 5.22. The number of anilines is 2. The van der Waals surface area contributed by atoms with Gasteiger partial charge < -0.3 is 10.1 Å². The van der Waals surface area contributed by atoms with Crippen molar-refractivity contribution in [3.63, 3.8) is 0 Å². The van der Waals surface area contributed by atoms with Crippen LogP contribution in [0.15, 0.2) is 23.0 Å². The van der Waals surface area contributed by atoms with Crippen molar-refractivity contribution in [3.05, 3.63) is 49.9 Å². The average molecular weight is 344 g/mol. The van der Waals surface area contributed by atoms with Gasteiger partial charge in [-0.05, 0) is 13.0 Å². The molecule has 0 aliphatic rings. The van der Waals surface area contributed by atoms with Gasteiger partial charge in [0.15, 0.2) is 0 Å². The van der Waals surface area contributed by atoms with Crippen LogP contribution in [0, 0.1) is 17.0 Å². The molecule has 25 heavy (non-hydrogen) atoms. The van der Waals surface area contributed by atoms with E-state index in [1.165, 1.54) is 25.1 Å². The van der Waals surface area contributed by atoms with Gasteiger partial charge in [0.05, 0.1) is 28.1 Å². The quantitative estimate of drug-likeness (QED) is 0.396. The van der Waals surface area contributed by atoms with Crippen molar-refractivity contribution in [1.82, 2.24) is 19.9 Å². The number of hydrogen-bond donors (Lipinski definition) is 4. The van der Waals surface area contributed by atoms with Crippen molar-refractivity contribution in [2.24, 2.45) is 0 Å². The van der Waals surface area contributed by atoms with E-state index in [0.717, 1.165) is 0 Å². The number of carbonyl (C=O) groups is 1. The maximum atomic E-state index is 12.0. The zero-order valence-electron chi connectivity index (χ0n) is 12.9. The minimum absolute atomic E-state index is 0.0679. The Morgan fingerprint density at radius 1 is 1.32 bits per heavy atom. The predicted molar refractivity (Wildman–Crippen MR) is 87.0 cm³/mol. The van der Waals surface area contributed by atoms with Crippen molar-refractivity contribution in [3.8, 4) is 0 Å². The van der Waals surface area contributed by atoms with Crippen molar-refractivity contribution >= 4 is 34.6 Å². The highest BCUT2D eigenvalue weighted by Crippen LogP contribution is 2.21. The molecule has 0 amide bonds. The number of aryl methyl sites for hydroxylation is 1. The number of hydrogen-bond acceptors (Lipinski definition) is 7. The van der Waals surface area contributed by atoms with Gasteiger partial charge in [-0.15, -0.1) is 0 Å². The summed E-state index contributed by atoms with van der Waals surface area (Å²) in [6, 6.07) is 4.16. The molecule has 11 nitrogen and oxygen atoms in total. The van der Waals surface area contributed by atoms with E-state index in [-0.39, 0.29) is 28.8 Å². The SMILES string of the molecule is Cc1nc(Nc2nc3ccc([N+](=O)[O-])cc3[nH]2)[nH]c(=O)c1CC(=O)O. The molecule has 0 radical (unpaired) electrons. The molecule has 128 valence electrons. The summed E-state index contributed by atoms with van der Waals surface area (Å²) in [4.78, 5) is 46.6. The first-order valence-corrected chi connectivity index (χ1v) is 7.06. The number of fused-ring (bicyclic) bond motifs is 1. The van der Waals surface area contributed by atoms with E-state index in [9.17, 15) is 19.7 Å². The lowest BCUT2D eigenvalue weighted by atomic mass is 10.2. The first-order chi connectivity index (χ1) is 11.8. The van der Waals surface area contributed by atoms with E-state index in [2.05, 4.69) is 25.3 Å². The molecule has 1 aromatic carbocycles. The number of rotatable bonds is 5. The Morgan fingerprint density at radius 3 is 2.68 bits per heavy atom. The predicted octanol–water partition coefficient (Wildman–Crippen LogP) is 1.23. The molecule has 0 fully saturated rings. The van der Waals surface area contributed by atoms with Crippen LogP contribution in [-0.4, -0.2) is 35.9 Å². The molecule has 0 bridgehead atoms. The number of carboxylic acids is 1. The highest BCUT2D eigenvalue weighted by Gasteiger charge is 2.13. The first-order valence-electron chi connectivity index (χ1n) is 7.06. The van der Waals surface area contributed by atoms with Gasteiger partial charge in [-0.3, -0.25) is 30.0 Å². The van der Waals surface area contributed by atoms with Crippen LogP contribution in [0.25, 0.3) is 11.0 Å². The van der Waals surface area contributed by atoms with E-state index in [1.54, 1.807) is 0 Å². The van der Waals surface area contributed by atoms with E-state index in [4.69, 9.17) is 5.11 Å². The van der Waals surface area contributed by atoms with Crippen molar-refractivity contribution in [1.29, 1.82) is 0 Å². The summed E-state index contributed by atoms with van der Waals surface area (Å²) in [5.41, 5.74) is 0.638. The summed E-state index contributed by atoms with van der Waals surface area (Å²) in [6.45, 7) is 1.53. The summed E-state index contributed by atoms with van der Waals surface area (Å²) >= 11 is 0. The van der Waals surface area contributed by atoms with E-state index >= 15 is 0 Å². The number of H-pyrrole nitrogens is 2. The standard InChI is InChI=1S/C14H12N6O5/c1-6-8(5-11(21)22)12(23)18-13(15-6)19-14-16-9-3-2-7(20(24)25)4-10(9)17-14/h2-4H,5H2,1H3,(H,21,22)(H3,15,16,17,18,19,23). The van der Waals surface area contributed by atoms with Crippen LogP contribution < -0.4 is 10.9 Å². The molecule has 4 N–H and O–H groups in total. The Balaban J connectivity index is 1.92. The van der Waals surface area contributed by atoms with Crippen LogP contribution in [0.1, 0.15) is 11.3 Å². The molecular weight excluding hydrogens is 332 g/mol. The average Bonchev–Trinajstić information content (AvgIpc) is 2.91. The summed E-state index contributed by atoms with van der Waals surface area (Å²) in [5, 5.41) is 22.3. The van der Waals surface area contributed by atoms with E-state index < -0.39 is 22.9 Å². The molecule has 0 spiro atoms. The van der Waals surface area contributed by atoms with E-state index in [0.29, 0.717) is 11.0 Å². The summed E-state index contributed by atoms with van der Waals surface area (Å²) < 4.78 is 0. The molecule has 3 aromatic rings. The third-order valence-corrected chi connectivity index (χ3v) is 3.46. The minimum atomic E-state index is -1.13. The second kappa shape index (κ2) is 6.03. The molecule has 0 saturated heterocycles. The lowest BCUT2D eigenvalue weighted by molar-refractivity contribution is -0.384. The lowest BCUT2D eigenvalue weighted by Crippen LogP contribution is -2.21. The minimum Gasteiger partial charge on any atom is -0.481 e. The van der Waals surface area contributed by atoms with Gasteiger partial charge in [0, 0.05) is 17.7 Å². The van der Waals surface area contributed by atoms with Crippen LogP contribution in [0.2, 0.25) is 0 Å². The van der Waals surface area contributed by atoms with Crippen molar-refractivity contribution in [2.75, 3.05) is 5.32 Å². The molecule has 0 atom stereocenters. The number of nitrogens with one attached hydrogen (secondary N) is 3. The molecule has 0 saturated carbocycles. The number of aliphatic carboxylic acids is 1. The Labute approximate surface area is 138 Å². The topological polar surface area (TPSA) is 167 Å². The summed E-state index contributed by atoms with van der Waals surface area (Å²) in [6.07, 6.45) is -0.428. The van der Waals surface area contributed by atoms with Crippen LogP contribution in [0.3, 0.4) is 0 Å². The zero-order chi connectivity index (χ0) is 18.1. The van der Waals surface area contributed by atoms with Crippen LogP contribution in [0.4, 0.5) is 17.6 Å². The van der Waals surface area contributed by atoms with Gasteiger partial charge in [-0.25, -0.2) is 9.97 Å². The number of non-ortho nitro benzene ring substituents is 1. The summed E-state index contributed by atoms with van der Waals surface area (Å²) in [7, 11) is 0. The molecule has 11 heteroatoms. The van der Waals surface area contributed by atoms with Crippen molar-refractivity contribution in [2.45, 2.75) is 13.3 Å². The first kappa shape index (κ1) is 16.1. The third-order valence-electron chi connectivity index (χ3n) is 3.46. The van der Waals surface area contributed by atoms with Crippen molar-refractivity contribution < 1.29 is 14.8 Å². The number of carboxylic acid groups (broad SMARTS) is 1. The Hall–Kier alpha value is -3.76. The number of nitrogens with zero attached hydrogens (tertiary/aromatic N) is 3. The summed E-state index contributed by atoms with van der Waals surface area (Å²) in [5.74, 6) is -0.829. The number of aromatic amines is 2. The zero-order valence-corrected chi connectivity index (χ0v) is 12.9. The second-order valence-corrected chi connectivity index (χ2v) is 5.22. The number of nitro benzene ring substituents is 1. The monoisotopic (exact) mass is 344 g/mol. The van der Waals surface area contributed by atoms with E-state index in [1.807, 2.05) is 0 Å². The number of aromatic nitrogens is 4. The fourth-order valence-corrected chi connectivity index (χ4v) is 2.31. The van der Waals surface area contributed by atoms with Gasteiger partial charge >= 0.3 is 5.97 Å². The maximum absolute atomic E-state index is 12.0. The molecule has 0 aliphatic heterocycles. The Kier molecular flexibility index (Phi) is 3.89. The smallest absolute Gasteiger partial charge is 0.308 e. The van der Waals surface area contributed by atoms with Gasteiger partial charge in [0.1, 0.15) is 0 Å². The maximum Gasteiger partial charge on any atom is 0.308 e. The molecule has 0 unspecified atom stereocenters. The van der Waals surface area contributed by atoms with Gasteiger partial charge in [0.25, 0.3) is 11.2 Å². The molecule has 3 rings (SSSR count). The lowest BCUT2D eigenvalue weighted by Gasteiger charge is -2.05. The van der Waals surface area contributed by atoms with Gasteiger partial charge in [0.2, 0.25) is 11.9 Å². The molecular formula is C14H12N6O5. The normalized spacial score (nSPS) is 10.8. The third kappa shape index (κ3) is 3.29. The fraction of sp³-hybridized carbons (Fsp3) is 0.143. The Bertz CT molecular complexity index is 1050. The van der Waals surface area contributed by atoms with Crippen LogP contribution >= 0.6 is 0 Å². The fourth-order valence-electron chi connectivity index (χ4n) is 2.31.